The summed E-state index contributed by atoms with van der Waals surface area (Å²) in [5.74, 6) is -0.0969. The molecule has 0 bridgehead atoms. The number of aromatic nitrogens is 2. The first-order chi connectivity index (χ1) is 7.15. The second-order valence-electron chi connectivity index (χ2n) is 2.70. The van der Waals surface area contributed by atoms with E-state index in [1.165, 1.54) is 6.33 Å². The monoisotopic (exact) mass is 249 g/mol. The maximum atomic E-state index is 11.3. The molecule has 0 aliphatic rings. The Labute approximate surface area is 96.4 Å². The SMILES string of the molecule is O=C(CCCO)Nc1ncnc(Cl)c1Cl. The fourth-order valence-corrected chi connectivity index (χ4v) is 1.15. The third-order valence-corrected chi connectivity index (χ3v) is 2.31. The van der Waals surface area contributed by atoms with Crippen molar-refractivity contribution in [2.24, 2.45) is 0 Å². The molecule has 0 aromatic carbocycles. The number of nitrogens with one attached hydrogen (secondary N) is 1. The summed E-state index contributed by atoms with van der Waals surface area (Å²) < 4.78 is 0. The van der Waals surface area contributed by atoms with Crippen LogP contribution in [0.15, 0.2) is 6.33 Å². The molecular weight excluding hydrogens is 241 g/mol. The predicted octanol–water partition coefficient (Wildman–Crippen LogP) is 1.49. The van der Waals surface area contributed by atoms with Gasteiger partial charge < -0.3 is 10.4 Å². The van der Waals surface area contributed by atoms with E-state index in [0.717, 1.165) is 0 Å². The molecule has 5 nitrogen and oxygen atoms in total. The molecule has 0 spiro atoms. The number of carbonyl (C=O) groups excluding carboxylic acids is 1. The van der Waals surface area contributed by atoms with Gasteiger partial charge in [-0.1, -0.05) is 23.2 Å². The average Bonchev–Trinajstić information content (AvgIpc) is 2.22. The summed E-state index contributed by atoms with van der Waals surface area (Å²) in [4.78, 5) is 18.7. The number of anilines is 1. The normalized spacial score (nSPS) is 10.1. The van der Waals surface area contributed by atoms with Crippen LogP contribution in [0.4, 0.5) is 5.82 Å². The summed E-state index contributed by atoms with van der Waals surface area (Å²) in [6.45, 7) is -0.0360. The van der Waals surface area contributed by atoms with Crippen LogP contribution in [0.3, 0.4) is 0 Å². The van der Waals surface area contributed by atoms with E-state index in [0.29, 0.717) is 6.42 Å². The van der Waals surface area contributed by atoms with Crippen molar-refractivity contribution >= 4 is 34.9 Å². The van der Waals surface area contributed by atoms with Gasteiger partial charge in [0.05, 0.1) is 0 Å². The van der Waals surface area contributed by atoms with E-state index in [1.54, 1.807) is 0 Å². The molecule has 2 N–H and O–H groups in total. The van der Waals surface area contributed by atoms with Crippen molar-refractivity contribution in [3.05, 3.63) is 16.5 Å². The molecule has 82 valence electrons. The Kier molecular flexibility index (Phi) is 4.74. The van der Waals surface area contributed by atoms with Gasteiger partial charge in [0, 0.05) is 13.0 Å². The Bertz CT molecular complexity index is 360. The van der Waals surface area contributed by atoms with E-state index >= 15 is 0 Å². The van der Waals surface area contributed by atoms with E-state index in [2.05, 4.69) is 15.3 Å². The highest BCUT2D eigenvalue weighted by Gasteiger charge is 2.09. The maximum absolute atomic E-state index is 11.3. The highest BCUT2D eigenvalue weighted by molar-refractivity contribution is 6.42. The predicted molar refractivity (Wildman–Crippen MR) is 57.0 cm³/mol. The quantitative estimate of drug-likeness (QED) is 0.794. The van der Waals surface area contributed by atoms with Crippen LogP contribution >= 0.6 is 23.2 Å². The molecule has 0 saturated heterocycles. The minimum absolute atomic E-state index is 0.0360. The topological polar surface area (TPSA) is 75.1 Å². The molecule has 1 amide bonds. The van der Waals surface area contributed by atoms with Gasteiger partial charge in [-0.3, -0.25) is 4.79 Å². The standard InChI is InChI=1S/C8H9Cl2N3O2/c9-6-7(10)11-4-12-8(6)13-5(15)2-1-3-14/h4,14H,1-3H2,(H,11,12,13,15). The van der Waals surface area contributed by atoms with E-state index in [9.17, 15) is 4.79 Å². The maximum Gasteiger partial charge on any atom is 0.225 e. The lowest BCUT2D eigenvalue weighted by Crippen LogP contribution is -2.13. The summed E-state index contributed by atoms with van der Waals surface area (Å²) >= 11 is 11.4. The molecule has 0 aliphatic heterocycles. The smallest absolute Gasteiger partial charge is 0.225 e. The number of aliphatic hydroxyl groups excluding tert-OH is 1. The summed E-state index contributed by atoms with van der Waals surface area (Å²) in [5, 5.41) is 11.2. The Morgan fingerprint density at radius 3 is 2.87 bits per heavy atom. The summed E-state index contributed by atoms with van der Waals surface area (Å²) in [6.07, 6.45) is 1.80. The zero-order valence-electron chi connectivity index (χ0n) is 7.70. The molecule has 0 aliphatic carbocycles. The molecule has 15 heavy (non-hydrogen) atoms. The number of hydrogen-bond donors (Lipinski definition) is 2. The number of nitrogens with zero attached hydrogens (tertiary/aromatic N) is 2. The van der Waals surface area contributed by atoms with Crippen LogP contribution in [0.5, 0.6) is 0 Å². The minimum Gasteiger partial charge on any atom is -0.396 e. The van der Waals surface area contributed by atoms with Gasteiger partial charge in [-0.05, 0) is 6.42 Å². The molecule has 0 radical (unpaired) electrons. The van der Waals surface area contributed by atoms with Gasteiger partial charge in [-0.25, -0.2) is 9.97 Å². The van der Waals surface area contributed by atoms with Crippen molar-refractivity contribution in [3.8, 4) is 0 Å². The molecule has 1 aromatic rings. The van der Waals surface area contributed by atoms with E-state index in [1.807, 2.05) is 0 Å². The summed E-state index contributed by atoms with van der Waals surface area (Å²) in [7, 11) is 0. The zero-order valence-corrected chi connectivity index (χ0v) is 9.22. The zero-order chi connectivity index (χ0) is 11.3. The first kappa shape index (κ1) is 12.2. The fraction of sp³-hybridized carbons (Fsp3) is 0.375. The van der Waals surface area contributed by atoms with Crippen molar-refractivity contribution in [2.75, 3.05) is 11.9 Å². The van der Waals surface area contributed by atoms with Crippen LogP contribution in [-0.2, 0) is 4.79 Å². The van der Waals surface area contributed by atoms with Crippen LogP contribution in [0.25, 0.3) is 0 Å². The lowest BCUT2D eigenvalue weighted by molar-refractivity contribution is -0.116. The minimum atomic E-state index is -0.277. The van der Waals surface area contributed by atoms with Crippen molar-refractivity contribution in [3.63, 3.8) is 0 Å². The molecule has 7 heteroatoms. The molecular formula is C8H9Cl2N3O2. The number of halogens is 2. The number of amides is 1. The molecule has 1 heterocycles. The lowest BCUT2D eigenvalue weighted by Gasteiger charge is -2.05. The van der Waals surface area contributed by atoms with Crippen LogP contribution < -0.4 is 5.32 Å². The number of rotatable bonds is 4. The van der Waals surface area contributed by atoms with E-state index in [4.69, 9.17) is 28.3 Å². The summed E-state index contributed by atoms with van der Waals surface area (Å²) in [5.41, 5.74) is 0. The second-order valence-corrected chi connectivity index (χ2v) is 3.44. The Morgan fingerprint density at radius 1 is 1.47 bits per heavy atom. The molecule has 0 atom stereocenters. The van der Waals surface area contributed by atoms with Crippen molar-refractivity contribution in [2.45, 2.75) is 12.8 Å². The van der Waals surface area contributed by atoms with Gasteiger partial charge in [-0.2, -0.15) is 0 Å². The third-order valence-electron chi connectivity index (χ3n) is 1.57. The van der Waals surface area contributed by atoms with E-state index < -0.39 is 0 Å². The highest BCUT2D eigenvalue weighted by Crippen LogP contribution is 2.25. The van der Waals surface area contributed by atoms with Gasteiger partial charge in [-0.15, -0.1) is 0 Å². The largest absolute Gasteiger partial charge is 0.396 e. The molecule has 1 rings (SSSR count). The molecule has 1 aromatic heterocycles. The average molecular weight is 250 g/mol. The van der Waals surface area contributed by atoms with Crippen LogP contribution in [0.2, 0.25) is 10.2 Å². The Hall–Kier alpha value is -0.910. The van der Waals surface area contributed by atoms with Gasteiger partial charge in [0.1, 0.15) is 11.3 Å². The first-order valence-electron chi connectivity index (χ1n) is 4.22. The van der Waals surface area contributed by atoms with Gasteiger partial charge in [0.25, 0.3) is 0 Å². The molecule has 0 unspecified atom stereocenters. The number of aliphatic hydroxyl groups is 1. The lowest BCUT2D eigenvalue weighted by atomic mass is 10.3. The van der Waals surface area contributed by atoms with Crippen molar-refractivity contribution in [1.82, 2.24) is 9.97 Å². The number of carbonyl (C=O) groups is 1. The molecule has 0 fully saturated rings. The van der Waals surface area contributed by atoms with Crippen LogP contribution in [-0.4, -0.2) is 27.6 Å². The third kappa shape index (κ3) is 3.62. The second kappa shape index (κ2) is 5.85. The Balaban J connectivity index is 2.64. The van der Waals surface area contributed by atoms with Crippen LogP contribution in [0, 0.1) is 0 Å². The highest BCUT2D eigenvalue weighted by atomic mass is 35.5. The van der Waals surface area contributed by atoms with Gasteiger partial charge >= 0.3 is 0 Å². The van der Waals surface area contributed by atoms with Crippen molar-refractivity contribution < 1.29 is 9.90 Å². The van der Waals surface area contributed by atoms with E-state index in [-0.39, 0.29) is 34.9 Å². The Morgan fingerprint density at radius 2 is 2.20 bits per heavy atom. The van der Waals surface area contributed by atoms with Crippen LogP contribution in [0.1, 0.15) is 12.8 Å². The molecule has 0 saturated carbocycles. The summed E-state index contributed by atoms with van der Waals surface area (Å²) in [6, 6.07) is 0. The van der Waals surface area contributed by atoms with Gasteiger partial charge in [0.15, 0.2) is 11.0 Å². The fourth-order valence-electron chi connectivity index (χ4n) is 0.870. The number of hydrogen-bond acceptors (Lipinski definition) is 4. The van der Waals surface area contributed by atoms with Crippen molar-refractivity contribution in [1.29, 1.82) is 0 Å². The first-order valence-corrected chi connectivity index (χ1v) is 4.97. The van der Waals surface area contributed by atoms with Gasteiger partial charge in [0.2, 0.25) is 5.91 Å².